The average molecular weight is 304 g/mol. The number of hydrogen-bond acceptors (Lipinski definition) is 6. The van der Waals surface area contributed by atoms with Crippen molar-refractivity contribution in [3.05, 3.63) is 11.9 Å². The lowest BCUT2D eigenvalue weighted by molar-refractivity contribution is -0.137. The van der Waals surface area contributed by atoms with E-state index in [4.69, 9.17) is 9.84 Å². The number of carboxylic acids is 1. The number of rotatable bonds is 6. The highest BCUT2D eigenvalue weighted by Gasteiger charge is 2.27. The Kier molecular flexibility index (Phi) is 4.68. The molecule has 0 unspecified atom stereocenters. The van der Waals surface area contributed by atoms with Gasteiger partial charge in [-0.15, -0.1) is 5.10 Å². The minimum Gasteiger partial charge on any atom is -0.480 e. The van der Waals surface area contributed by atoms with Crippen LogP contribution in [0.4, 0.5) is 0 Å². The normalized spacial score (nSPS) is 17.2. The molecule has 9 nitrogen and oxygen atoms in total. The first kappa shape index (κ1) is 14.9. The molecule has 0 saturated carbocycles. The van der Waals surface area contributed by atoms with Gasteiger partial charge in [-0.1, -0.05) is 5.21 Å². The molecule has 0 atom stereocenters. The lowest BCUT2D eigenvalue weighted by Crippen LogP contribution is -2.37. The summed E-state index contributed by atoms with van der Waals surface area (Å²) in [6.45, 7) is 0.583. The Morgan fingerprint density at radius 3 is 2.85 bits per heavy atom. The van der Waals surface area contributed by atoms with E-state index < -0.39 is 21.2 Å². The molecule has 1 saturated heterocycles. The number of carbonyl (C=O) groups is 1. The zero-order valence-corrected chi connectivity index (χ0v) is 11.5. The average Bonchev–Trinajstić information content (AvgIpc) is 2.84. The van der Waals surface area contributed by atoms with E-state index in [1.165, 1.54) is 6.20 Å². The summed E-state index contributed by atoms with van der Waals surface area (Å²) in [5.74, 6) is -1.04. The molecule has 20 heavy (non-hydrogen) atoms. The fourth-order valence-corrected chi connectivity index (χ4v) is 3.31. The molecule has 2 rings (SSSR count). The van der Waals surface area contributed by atoms with Crippen molar-refractivity contribution < 1.29 is 23.1 Å². The molecule has 0 radical (unpaired) electrons. The standard InChI is InChI=1S/C10H16N4O5S/c15-10(16)7-14-6-8(12-13-14)5-11-20(17,18)9-1-3-19-4-2-9/h6,9,11H,1-5,7H2,(H,15,16). The molecule has 1 aliphatic heterocycles. The van der Waals surface area contributed by atoms with Gasteiger partial charge in [0.05, 0.1) is 23.7 Å². The molecule has 0 aromatic carbocycles. The lowest BCUT2D eigenvalue weighted by atomic mass is 10.2. The third kappa shape index (κ3) is 3.99. The van der Waals surface area contributed by atoms with Gasteiger partial charge in [0.15, 0.2) is 0 Å². The molecule has 0 amide bonds. The third-order valence-corrected chi connectivity index (χ3v) is 4.84. The molecule has 1 fully saturated rings. The predicted octanol–water partition coefficient (Wildman–Crippen LogP) is -1.04. The zero-order chi connectivity index (χ0) is 14.6. The van der Waals surface area contributed by atoms with Gasteiger partial charge in [-0.2, -0.15) is 0 Å². The van der Waals surface area contributed by atoms with Crippen LogP contribution in [0.5, 0.6) is 0 Å². The maximum absolute atomic E-state index is 12.0. The lowest BCUT2D eigenvalue weighted by Gasteiger charge is -2.22. The van der Waals surface area contributed by atoms with E-state index in [0.717, 1.165) is 4.68 Å². The summed E-state index contributed by atoms with van der Waals surface area (Å²) < 4.78 is 32.8. The maximum Gasteiger partial charge on any atom is 0.325 e. The van der Waals surface area contributed by atoms with Crippen molar-refractivity contribution in [2.45, 2.75) is 31.2 Å². The van der Waals surface area contributed by atoms with Gasteiger partial charge in [0, 0.05) is 13.2 Å². The number of ether oxygens (including phenoxy) is 1. The topological polar surface area (TPSA) is 123 Å². The molecule has 2 heterocycles. The second-order valence-corrected chi connectivity index (χ2v) is 6.52. The fourth-order valence-electron chi connectivity index (χ4n) is 1.91. The van der Waals surface area contributed by atoms with Gasteiger partial charge in [-0.05, 0) is 12.8 Å². The molecule has 1 aliphatic rings. The fraction of sp³-hybridized carbons (Fsp3) is 0.700. The maximum atomic E-state index is 12.0. The summed E-state index contributed by atoms with van der Waals surface area (Å²) in [6, 6.07) is 0. The summed E-state index contributed by atoms with van der Waals surface area (Å²) >= 11 is 0. The van der Waals surface area contributed by atoms with Crippen LogP contribution >= 0.6 is 0 Å². The smallest absolute Gasteiger partial charge is 0.325 e. The summed E-state index contributed by atoms with van der Waals surface area (Å²) in [6.07, 6.45) is 2.35. The molecule has 2 N–H and O–H groups in total. The quantitative estimate of drug-likeness (QED) is 0.688. The number of aliphatic carboxylic acids is 1. The molecular weight excluding hydrogens is 288 g/mol. The molecule has 1 aromatic rings. The van der Waals surface area contributed by atoms with Gasteiger partial charge in [0.25, 0.3) is 0 Å². The third-order valence-electron chi connectivity index (χ3n) is 2.94. The van der Waals surface area contributed by atoms with Crippen LogP contribution < -0.4 is 4.72 Å². The second kappa shape index (κ2) is 6.29. The van der Waals surface area contributed by atoms with Crippen LogP contribution in [0.15, 0.2) is 6.20 Å². The Hall–Kier alpha value is -1.52. The van der Waals surface area contributed by atoms with Crippen LogP contribution in [-0.2, 0) is 32.6 Å². The van der Waals surface area contributed by atoms with Gasteiger partial charge in [0.2, 0.25) is 10.0 Å². The van der Waals surface area contributed by atoms with Crippen LogP contribution in [-0.4, -0.2) is 53.0 Å². The van der Waals surface area contributed by atoms with E-state index in [1.807, 2.05) is 0 Å². The van der Waals surface area contributed by atoms with E-state index in [2.05, 4.69) is 15.0 Å². The summed E-state index contributed by atoms with van der Waals surface area (Å²) in [4.78, 5) is 10.5. The van der Waals surface area contributed by atoms with Crippen LogP contribution in [0.2, 0.25) is 0 Å². The van der Waals surface area contributed by atoms with Crippen molar-refractivity contribution in [3.63, 3.8) is 0 Å². The van der Waals surface area contributed by atoms with Gasteiger partial charge >= 0.3 is 5.97 Å². The Morgan fingerprint density at radius 1 is 1.50 bits per heavy atom. The number of carboxylic acid groups (broad SMARTS) is 1. The first-order valence-electron chi connectivity index (χ1n) is 6.14. The molecule has 1 aromatic heterocycles. The largest absolute Gasteiger partial charge is 0.480 e. The highest BCUT2D eigenvalue weighted by Crippen LogP contribution is 2.14. The van der Waals surface area contributed by atoms with Crippen LogP contribution in [0, 0.1) is 0 Å². The Labute approximate surface area is 116 Å². The zero-order valence-electron chi connectivity index (χ0n) is 10.7. The van der Waals surface area contributed by atoms with Crippen molar-refractivity contribution in [1.82, 2.24) is 19.7 Å². The first-order valence-corrected chi connectivity index (χ1v) is 7.69. The molecule has 0 spiro atoms. The van der Waals surface area contributed by atoms with E-state index >= 15 is 0 Å². The number of aromatic nitrogens is 3. The molecule has 112 valence electrons. The summed E-state index contributed by atoms with van der Waals surface area (Å²) in [5, 5.41) is 15.5. The molecule has 0 aliphatic carbocycles. The highest BCUT2D eigenvalue weighted by molar-refractivity contribution is 7.90. The highest BCUT2D eigenvalue weighted by atomic mass is 32.2. The van der Waals surface area contributed by atoms with Gasteiger partial charge in [-0.3, -0.25) is 4.79 Å². The van der Waals surface area contributed by atoms with Gasteiger partial charge in [0.1, 0.15) is 6.54 Å². The minimum absolute atomic E-state index is 0.000685. The van der Waals surface area contributed by atoms with E-state index in [1.54, 1.807) is 0 Å². The van der Waals surface area contributed by atoms with Crippen molar-refractivity contribution >= 4 is 16.0 Å². The van der Waals surface area contributed by atoms with Crippen LogP contribution in [0.3, 0.4) is 0 Å². The van der Waals surface area contributed by atoms with E-state index in [-0.39, 0.29) is 13.1 Å². The van der Waals surface area contributed by atoms with Crippen LogP contribution in [0.1, 0.15) is 18.5 Å². The van der Waals surface area contributed by atoms with Crippen LogP contribution in [0.25, 0.3) is 0 Å². The summed E-state index contributed by atoms with van der Waals surface area (Å²) in [7, 11) is -3.42. The van der Waals surface area contributed by atoms with Crippen molar-refractivity contribution in [2.24, 2.45) is 0 Å². The SMILES string of the molecule is O=C(O)Cn1cc(CNS(=O)(=O)C2CCOCC2)nn1. The second-order valence-electron chi connectivity index (χ2n) is 4.48. The Morgan fingerprint density at radius 2 is 2.20 bits per heavy atom. The number of hydrogen-bond donors (Lipinski definition) is 2. The summed E-state index contributed by atoms with van der Waals surface area (Å²) in [5.41, 5.74) is 0.377. The molecule has 10 heteroatoms. The Balaban J connectivity index is 1.90. The monoisotopic (exact) mass is 304 g/mol. The number of sulfonamides is 1. The van der Waals surface area contributed by atoms with Gasteiger partial charge in [-0.25, -0.2) is 17.8 Å². The van der Waals surface area contributed by atoms with Crippen molar-refractivity contribution in [3.8, 4) is 0 Å². The molecule has 0 bridgehead atoms. The number of nitrogens with one attached hydrogen (secondary N) is 1. The van der Waals surface area contributed by atoms with Gasteiger partial charge < -0.3 is 9.84 Å². The van der Waals surface area contributed by atoms with Crippen molar-refractivity contribution in [2.75, 3.05) is 13.2 Å². The van der Waals surface area contributed by atoms with E-state index in [9.17, 15) is 13.2 Å². The van der Waals surface area contributed by atoms with Crippen molar-refractivity contribution in [1.29, 1.82) is 0 Å². The van der Waals surface area contributed by atoms with E-state index in [0.29, 0.717) is 31.7 Å². The predicted molar refractivity (Wildman–Crippen MR) is 67.3 cm³/mol. The molecular formula is C10H16N4O5S. The number of nitrogens with zero attached hydrogens (tertiary/aromatic N) is 3. The Bertz CT molecular complexity index is 564. The minimum atomic E-state index is -3.42. The first-order chi connectivity index (χ1) is 9.47.